The summed E-state index contributed by atoms with van der Waals surface area (Å²) in [6.07, 6.45) is 34.3. The third kappa shape index (κ3) is 32.4. The first-order valence-corrected chi connectivity index (χ1v) is 17.5. The molecular weight excluding hydrogens is 552 g/mol. The van der Waals surface area contributed by atoms with Crippen molar-refractivity contribution in [1.82, 2.24) is 0 Å². The first-order valence-electron chi connectivity index (χ1n) is 17.5. The van der Waals surface area contributed by atoms with Crippen LogP contribution in [0.4, 0.5) is 0 Å². The van der Waals surface area contributed by atoms with Crippen molar-refractivity contribution in [2.45, 2.75) is 155 Å². The van der Waals surface area contributed by atoms with Crippen LogP contribution in [-0.4, -0.2) is 42.1 Å². The van der Waals surface area contributed by atoms with Crippen molar-refractivity contribution in [3.8, 4) is 0 Å². The number of esters is 2. The molecule has 0 radical (unpaired) electrons. The molecule has 252 valence electrons. The highest BCUT2D eigenvalue weighted by molar-refractivity contribution is 5.89. The molecule has 0 heterocycles. The van der Waals surface area contributed by atoms with Gasteiger partial charge in [0.25, 0.3) is 0 Å². The quantitative estimate of drug-likeness (QED) is 0.0284. The smallest absolute Gasteiger partial charge is 0.305 e. The molecule has 0 spiro atoms. The number of unbranched alkanes of at least 4 members (excludes halogenated alkanes) is 11. The average Bonchev–Trinajstić information content (AvgIpc) is 3.00. The second-order valence-electron chi connectivity index (χ2n) is 12.2. The van der Waals surface area contributed by atoms with Gasteiger partial charge in [-0.3, -0.25) is 14.4 Å². The van der Waals surface area contributed by atoms with Gasteiger partial charge in [0.2, 0.25) is 0 Å². The summed E-state index contributed by atoms with van der Waals surface area (Å²) in [4.78, 5) is 35.4. The molecule has 0 aromatic carbocycles. The van der Waals surface area contributed by atoms with Crippen molar-refractivity contribution in [2.75, 3.05) is 13.2 Å². The molecule has 0 unspecified atom stereocenters. The molecular formula is C38H64O6. The number of aliphatic hydroxyl groups is 1. The van der Waals surface area contributed by atoms with Crippen LogP contribution >= 0.6 is 0 Å². The Kier molecular flexibility index (Phi) is 30.1. The van der Waals surface area contributed by atoms with Gasteiger partial charge in [0.05, 0.1) is 0 Å². The monoisotopic (exact) mass is 616 g/mol. The summed E-state index contributed by atoms with van der Waals surface area (Å²) in [6, 6.07) is 0. The number of ether oxygens (including phenoxy) is 2. The minimum absolute atomic E-state index is 0.148. The molecule has 44 heavy (non-hydrogen) atoms. The fourth-order valence-electron chi connectivity index (χ4n) is 4.51. The maximum absolute atomic E-state index is 11.9. The Labute approximate surface area is 269 Å². The van der Waals surface area contributed by atoms with Gasteiger partial charge in [-0.25, -0.2) is 0 Å². The first kappa shape index (κ1) is 41.5. The van der Waals surface area contributed by atoms with Crippen molar-refractivity contribution < 1.29 is 29.0 Å². The van der Waals surface area contributed by atoms with Crippen LogP contribution in [0.15, 0.2) is 48.6 Å². The molecule has 0 aliphatic rings. The largest absolute Gasteiger partial charge is 0.463 e. The number of aliphatic hydroxyl groups excluding tert-OH is 1. The summed E-state index contributed by atoms with van der Waals surface area (Å²) < 4.78 is 10.2. The summed E-state index contributed by atoms with van der Waals surface area (Å²) in [5.74, 6) is 0.330. The standard InChI is InChI=1S/C38H64O6/c1-4-5-22-28-35(39)29-24-19-15-11-7-6-8-12-16-20-25-30-37(41)43-32-36(40)33-44-38(42)31-26-21-17-13-9-10-14-18-23-27-34(2)3/h6-7,12,15-16,19,24,29,34,36,40H,4-5,8-11,13-14,17-18,20-23,25-28,30-33H2,1-3H3/b7-6-,16-12-,19-15-,29-24+/t36-/m1/s1. The minimum Gasteiger partial charge on any atom is -0.463 e. The Hall–Kier alpha value is -2.47. The van der Waals surface area contributed by atoms with Gasteiger partial charge < -0.3 is 14.6 Å². The lowest BCUT2D eigenvalue weighted by Gasteiger charge is -2.12. The highest BCUT2D eigenvalue weighted by atomic mass is 16.6. The van der Waals surface area contributed by atoms with E-state index in [1.165, 1.54) is 44.9 Å². The number of rotatable bonds is 30. The fraction of sp³-hybridized carbons (Fsp3) is 0.711. The second kappa shape index (κ2) is 31.9. The lowest BCUT2D eigenvalue weighted by molar-refractivity contribution is -0.152. The van der Waals surface area contributed by atoms with E-state index in [1.54, 1.807) is 6.08 Å². The van der Waals surface area contributed by atoms with E-state index in [2.05, 4.69) is 39.0 Å². The molecule has 0 aliphatic carbocycles. The second-order valence-corrected chi connectivity index (χ2v) is 12.2. The molecule has 0 aliphatic heterocycles. The molecule has 0 saturated heterocycles. The average molecular weight is 617 g/mol. The Morgan fingerprint density at radius 2 is 1.14 bits per heavy atom. The van der Waals surface area contributed by atoms with Gasteiger partial charge in [-0.05, 0) is 50.5 Å². The predicted octanol–water partition coefficient (Wildman–Crippen LogP) is 9.71. The molecule has 1 N–H and O–H groups in total. The van der Waals surface area contributed by atoms with E-state index in [-0.39, 0.29) is 37.4 Å². The van der Waals surface area contributed by atoms with Gasteiger partial charge in [0, 0.05) is 19.3 Å². The zero-order chi connectivity index (χ0) is 32.5. The Bertz CT molecular complexity index is 823. The Morgan fingerprint density at radius 3 is 1.75 bits per heavy atom. The van der Waals surface area contributed by atoms with Crippen molar-refractivity contribution in [3.63, 3.8) is 0 Å². The Balaban J connectivity index is 3.63. The Morgan fingerprint density at radius 1 is 0.614 bits per heavy atom. The first-order chi connectivity index (χ1) is 21.3. The van der Waals surface area contributed by atoms with Gasteiger partial charge in [-0.2, -0.15) is 0 Å². The maximum Gasteiger partial charge on any atom is 0.305 e. The molecule has 0 bridgehead atoms. The summed E-state index contributed by atoms with van der Waals surface area (Å²) >= 11 is 0. The lowest BCUT2D eigenvalue weighted by atomic mass is 10.0. The molecule has 0 aromatic rings. The normalized spacial score (nSPS) is 12.8. The van der Waals surface area contributed by atoms with Gasteiger partial charge in [0.1, 0.15) is 19.3 Å². The minimum atomic E-state index is -1.00. The van der Waals surface area contributed by atoms with Crippen molar-refractivity contribution in [1.29, 1.82) is 0 Å². The van der Waals surface area contributed by atoms with E-state index in [4.69, 9.17) is 9.47 Å². The van der Waals surface area contributed by atoms with Crippen LogP contribution in [0, 0.1) is 5.92 Å². The van der Waals surface area contributed by atoms with Crippen LogP contribution in [0.1, 0.15) is 149 Å². The van der Waals surface area contributed by atoms with E-state index in [9.17, 15) is 19.5 Å². The van der Waals surface area contributed by atoms with E-state index in [1.807, 2.05) is 24.3 Å². The summed E-state index contributed by atoms with van der Waals surface area (Å²) in [5.41, 5.74) is 0. The highest BCUT2D eigenvalue weighted by Crippen LogP contribution is 2.13. The number of hydrogen-bond acceptors (Lipinski definition) is 6. The molecule has 1 atom stereocenters. The fourth-order valence-corrected chi connectivity index (χ4v) is 4.51. The highest BCUT2D eigenvalue weighted by Gasteiger charge is 2.12. The van der Waals surface area contributed by atoms with Gasteiger partial charge in [-0.1, -0.05) is 134 Å². The van der Waals surface area contributed by atoms with Crippen molar-refractivity contribution in [3.05, 3.63) is 48.6 Å². The van der Waals surface area contributed by atoms with Crippen LogP contribution in [-0.2, 0) is 23.9 Å². The zero-order valence-corrected chi connectivity index (χ0v) is 28.3. The molecule has 0 amide bonds. The lowest BCUT2D eigenvalue weighted by Crippen LogP contribution is -2.25. The van der Waals surface area contributed by atoms with Crippen LogP contribution in [0.2, 0.25) is 0 Å². The van der Waals surface area contributed by atoms with Crippen LogP contribution in [0.5, 0.6) is 0 Å². The molecule has 0 aromatic heterocycles. The topological polar surface area (TPSA) is 89.9 Å². The van der Waals surface area contributed by atoms with E-state index in [0.717, 1.165) is 63.7 Å². The number of allylic oxidation sites excluding steroid dienone is 8. The van der Waals surface area contributed by atoms with E-state index >= 15 is 0 Å². The molecule has 6 nitrogen and oxygen atoms in total. The molecule has 0 rings (SSSR count). The van der Waals surface area contributed by atoms with Crippen molar-refractivity contribution in [2.24, 2.45) is 5.92 Å². The molecule has 0 fully saturated rings. The van der Waals surface area contributed by atoms with Gasteiger partial charge in [0.15, 0.2) is 5.78 Å². The summed E-state index contributed by atoms with van der Waals surface area (Å²) in [7, 11) is 0. The summed E-state index contributed by atoms with van der Waals surface area (Å²) in [6.45, 7) is 6.38. The maximum atomic E-state index is 11.9. The SMILES string of the molecule is CCCCCC(=O)/C=C/C=C\C/C=C\C/C=C\CCCC(=O)OC[C@@H](O)COC(=O)CCCCCCCCCCCC(C)C. The predicted molar refractivity (Wildman–Crippen MR) is 182 cm³/mol. The van der Waals surface area contributed by atoms with Crippen LogP contribution < -0.4 is 0 Å². The van der Waals surface area contributed by atoms with Crippen molar-refractivity contribution >= 4 is 17.7 Å². The third-order valence-electron chi connectivity index (χ3n) is 7.22. The van der Waals surface area contributed by atoms with Crippen LogP contribution in [0.25, 0.3) is 0 Å². The molecule has 0 saturated carbocycles. The van der Waals surface area contributed by atoms with E-state index < -0.39 is 6.10 Å². The summed E-state index contributed by atoms with van der Waals surface area (Å²) in [5, 5.41) is 9.96. The molecule has 6 heteroatoms. The van der Waals surface area contributed by atoms with Gasteiger partial charge >= 0.3 is 11.9 Å². The number of hydrogen-bond donors (Lipinski definition) is 1. The zero-order valence-electron chi connectivity index (χ0n) is 28.3. The number of ketones is 1. The van der Waals surface area contributed by atoms with E-state index in [0.29, 0.717) is 19.3 Å². The van der Waals surface area contributed by atoms with Crippen LogP contribution in [0.3, 0.4) is 0 Å². The van der Waals surface area contributed by atoms with Gasteiger partial charge in [-0.15, -0.1) is 0 Å². The third-order valence-corrected chi connectivity index (χ3v) is 7.22. The number of carbonyl (C=O) groups excluding carboxylic acids is 3. The number of carbonyl (C=O) groups is 3.